The molecule has 2 heteroatoms. The van der Waals surface area contributed by atoms with E-state index >= 15 is 0 Å². The lowest BCUT2D eigenvalue weighted by molar-refractivity contribution is -0.107. The van der Waals surface area contributed by atoms with Crippen molar-refractivity contribution >= 4 is 17.9 Å². The van der Waals surface area contributed by atoms with Crippen LogP contribution >= 0.6 is 11.6 Å². The molecule has 1 rings (SSSR count). The van der Waals surface area contributed by atoms with Gasteiger partial charge in [0, 0.05) is 0 Å². The molecule has 0 aliphatic heterocycles. The molecule has 1 nitrogen and oxygen atoms in total. The third kappa shape index (κ3) is 3.15. The number of alkyl halides is 1. The number of hydrogen-bond donors (Lipinski definition) is 0. The van der Waals surface area contributed by atoms with Crippen molar-refractivity contribution in [2.75, 3.05) is 0 Å². The number of carbonyl (C=O) groups excluding carboxylic acids is 1. The molecule has 0 radical (unpaired) electrons. The topological polar surface area (TPSA) is 17.1 Å². The smallest absolute Gasteiger partial charge is 0.138 e. The first-order valence-electron chi connectivity index (χ1n) is 4.94. The van der Waals surface area contributed by atoms with E-state index in [9.17, 15) is 4.79 Å². The summed E-state index contributed by atoms with van der Waals surface area (Å²) in [6.45, 7) is 2.15. The van der Waals surface area contributed by atoms with E-state index in [0.29, 0.717) is 6.42 Å². The second-order valence-corrected chi connectivity index (χ2v) is 3.94. The molecule has 1 aromatic rings. The Balaban J connectivity index is 2.78. The lowest BCUT2D eigenvalue weighted by Gasteiger charge is -2.08. The number of halogens is 1. The molecule has 0 fully saturated rings. The first-order chi connectivity index (χ1) is 6.77. The Morgan fingerprint density at radius 2 is 2.00 bits per heavy atom. The molecule has 0 N–H and O–H groups in total. The molecule has 1 unspecified atom stereocenters. The Kier molecular flexibility index (Phi) is 4.68. The van der Waals surface area contributed by atoms with Gasteiger partial charge in [-0.1, -0.05) is 37.6 Å². The van der Waals surface area contributed by atoms with Crippen LogP contribution in [0.2, 0.25) is 0 Å². The number of aryl methyl sites for hydroxylation is 1. The van der Waals surface area contributed by atoms with Crippen molar-refractivity contribution in [2.24, 2.45) is 0 Å². The minimum absolute atomic E-state index is 0.395. The maximum Gasteiger partial charge on any atom is 0.138 e. The maximum absolute atomic E-state index is 10.4. The van der Waals surface area contributed by atoms with Gasteiger partial charge in [-0.3, -0.25) is 0 Å². The zero-order valence-corrected chi connectivity index (χ0v) is 9.13. The van der Waals surface area contributed by atoms with Gasteiger partial charge in [0.1, 0.15) is 6.29 Å². The summed E-state index contributed by atoms with van der Waals surface area (Å²) in [5.74, 6) is 0. The monoisotopic (exact) mass is 210 g/mol. The summed E-state index contributed by atoms with van der Waals surface area (Å²) in [6.07, 6.45) is 3.61. The normalized spacial score (nSPS) is 12.4. The summed E-state index contributed by atoms with van der Waals surface area (Å²) in [7, 11) is 0. The Hall–Kier alpha value is -0.820. The first kappa shape index (κ1) is 11.3. The molecular formula is C12H15ClO. The molecule has 76 valence electrons. The van der Waals surface area contributed by atoms with Crippen molar-refractivity contribution in [1.29, 1.82) is 0 Å². The van der Waals surface area contributed by atoms with E-state index in [1.54, 1.807) is 0 Å². The van der Waals surface area contributed by atoms with Crippen molar-refractivity contribution in [3.05, 3.63) is 35.4 Å². The Bertz CT molecular complexity index is 296. The fourth-order valence-electron chi connectivity index (χ4n) is 1.53. The number of aldehydes is 1. The van der Waals surface area contributed by atoms with E-state index in [4.69, 9.17) is 11.6 Å². The summed E-state index contributed by atoms with van der Waals surface area (Å²) < 4.78 is 0. The maximum atomic E-state index is 10.4. The van der Waals surface area contributed by atoms with Gasteiger partial charge in [0.15, 0.2) is 0 Å². The molecule has 0 spiro atoms. The van der Waals surface area contributed by atoms with Crippen molar-refractivity contribution in [3.8, 4) is 0 Å². The SMILES string of the molecule is CCCc1ccccc1CC(Cl)C=O. The van der Waals surface area contributed by atoms with Gasteiger partial charge in [-0.25, -0.2) is 0 Å². The van der Waals surface area contributed by atoms with Gasteiger partial charge in [0.05, 0.1) is 5.38 Å². The lowest BCUT2D eigenvalue weighted by atomic mass is 10.00. The number of hydrogen-bond acceptors (Lipinski definition) is 1. The molecule has 0 amide bonds. The third-order valence-corrected chi connectivity index (χ3v) is 2.46. The molecule has 0 aromatic heterocycles. The Morgan fingerprint density at radius 1 is 1.36 bits per heavy atom. The highest BCUT2D eigenvalue weighted by molar-refractivity contribution is 6.27. The Morgan fingerprint density at radius 3 is 2.57 bits per heavy atom. The number of benzene rings is 1. The number of rotatable bonds is 5. The van der Waals surface area contributed by atoms with Crippen molar-refractivity contribution in [1.82, 2.24) is 0 Å². The van der Waals surface area contributed by atoms with Crippen molar-refractivity contribution < 1.29 is 4.79 Å². The molecule has 14 heavy (non-hydrogen) atoms. The van der Waals surface area contributed by atoms with E-state index < -0.39 is 5.38 Å². The van der Waals surface area contributed by atoms with Crippen LogP contribution in [0, 0.1) is 0 Å². The molecule has 0 saturated heterocycles. The van der Waals surface area contributed by atoms with Gasteiger partial charge < -0.3 is 4.79 Å². The standard InChI is InChI=1S/C12H15ClO/c1-2-5-10-6-3-4-7-11(10)8-12(13)9-14/h3-4,6-7,9,12H,2,5,8H2,1H3. The molecule has 0 aliphatic rings. The third-order valence-electron chi connectivity index (χ3n) is 2.20. The van der Waals surface area contributed by atoms with E-state index in [0.717, 1.165) is 19.1 Å². The van der Waals surface area contributed by atoms with Gasteiger partial charge in [-0.15, -0.1) is 11.6 Å². The van der Waals surface area contributed by atoms with Gasteiger partial charge in [0.25, 0.3) is 0 Å². The molecule has 0 heterocycles. The summed E-state index contributed by atoms with van der Waals surface area (Å²) in [5, 5.41) is -0.395. The van der Waals surface area contributed by atoms with Crippen LogP contribution in [0.5, 0.6) is 0 Å². The molecule has 0 bridgehead atoms. The van der Waals surface area contributed by atoms with Crippen LogP contribution in [-0.2, 0) is 17.6 Å². The minimum atomic E-state index is -0.395. The fraction of sp³-hybridized carbons (Fsp3) is 0.417. The average Bonchev–Trinajstić information content (AvgIpc) is 2.21. The molecule has 0 aliphatic carbocycles. The molecular weight excluding hydrogens is 196 g/mol. The number of carbonyl (C=O) groups is 1. The van der Waals surface area contributed by atoms with Crippen LogP contribution < -0.4 is 0 Å². The van der Waals surface area contributed by atoms with Crippen LogP contribution in [0.1, 0.15) is 24.5 Å². The highest BCUT2D eigenvalue weighted by atomic mass is 35.5. The quantitative estimate of drug-likeness (QED) is 0.540. The fourth-order valence-corrected chi connectivity index (χ4v) is 1.69. The highest BCUT2D eigenvalue weighted by Gasteiger charge is 2.07. The van der Waals surface area contributed by atoms with Crippen molar-refractivity contribution in [3.63, 3.8) is 0 Å². The zero-order chi connectivity index (χ0) is 10.4. The van der Waals surface area contributed by atoms with Crippen LogP contribution in [0.15, 0.2) is 24.3 Å². The van der Waals surface area contributed by atoms with Crippen molar-refractivity contribution in [2.45, 2.75) is 31.6 Å². The second-order valence-electron chi connectivity index (χ2n) is 3.37. The van der Waals surface area contributed by atoms with E-state index in [-0.39, 0.29) is 0 Å². The highest BCUT2D eigenvalue weighted by Crippen LogP contribution is 2.14. The summed E-state index contributed by atoms with van der Waals surface area (Å²) in [5.41, 5.74) is 2.50. The predicted molar refractivity (Wildman–Crippen MR) is 59.8 cm³/mol. The minimum Gasteiger partial charge on any atom is -0.302 e. The molecule has 0 saturated carbocycles. The summed E-state index contributed by atoms with van der Waals surface area (Å²) in [6, 6.07) is 8.17. The van der Waals surface area contributed by atoms with Crippen LogP contribution in [0.3, 0.4) is 0 Å². The molecule has 1 atom stereocenters. The van der Waals surface area contributed by atoms with E-state index in [2.05, 4.69) is 13.0 Å². The first-order valence-corrected chi connectivity index (χ1v) is 5.37. The van der Waals surface area contributed by atoms with Crippen LogP contribution in [0.25, 0.3) is 0 Å². The van der Waals surface area contributed by atoms with Gasteiger partial charge >= 0.3 is 0 Å². The Labute approximate surface area is 90.1 Å². The van der Waals surface area contributed by atoms with E-state index in [1.807, 2.05) is 18.2 Å². The second kappa shape index (κ2) is 5.82. The van der Waals surface area contributed by atoms with Gasteiger partial charge in [-0.2, -0.15) is 0 Å². The van der Waals surface area contributed by atoms with Gasteiger partial charge in [-0.05, 0) is 24.0 Å². The predicted octanol–water partition coefficient (Wildman–Crippen LogP) is 2.99. The zero-order valence-electron chi connectivity index (χ0n) is 8.37. The lowest BCUT2D eigenvalue weighted by Crippen LogP contribution is -2.06. The van der Waals surface area contributed by atoms with Gasteiger partial charge in [0.2, 0.25) is 0 Å². The van der Waals surface area contributed by atoms with Crippen LogP contribution in [0.4, 0.5) is 0 Å². The summed E-state index contributed by atoms with van der Waals surface area (Å²) >= 11 is 5.80. The summed E-state index contributed by atoms with van der Waals surface area (Å²) in [4.78, 5) is 10.4. The largest absolute Gasteiger partial charge is 0.302 e. The van der Waals surface area contributed by atoms with Crippen LogP contribution in [-0.4, -0.2) is 11.7 Å². The van der Waals surface area contributed by atoms with E-state index in [1.165, 1.54) is 11.1 Å². The molecule has 1 aromatic carbocycles. The average molecular weight is 211 g/mol.